The zero-order valence-electron chi connectivity index (χ0n) is 17.6. The Morgan fingerprint density at radius 1 is 1.03 bits per heavy atom. The summed E-state index contributed by atoms with van der Waals surface area (Å²) in [5.74, 6) is -0.0731. The second kappa shape index (κ2) is 8.47. The molecule has 1 heterocycles. The zero-order chi connectivity index (χ0) is 22.1. The van der Waals surface area contributed by atoms with Gasteiger partial charge in [0.05, 0.1) is 11.4 Å². The highest BCUT2D eigenvalue weighted by molar-refractivity contribution is 7.94. The quantitative estimate of drug-likeness (QED) is 0.755. The van der Waals surface area contributed by atoms with Crippen molar-refractivity contribution in [3.63, 3.8) is 0 Å². The van der Waals surface area contributed by atoms with Gasteiger partial charge in [-0.05, 0) is 49.1 Å². The summed E-state index contributed by atoms with van der Waals surface area (Å²) in [6.07, 6.45) is 0.749. The summed E-state index contributed by atoms with van der Waals surface area (Å²) in [5.41, 5.74) is 1.48. The predicted molar refractivity (Wildman–Crippen MR) is 117 cm³/mol. The molecule has 3 rings (SSSR count). The van der Waals surface area contributed by atoms with Crippen molar-refractivity contribution in [2.45, 2.75) is 51.0 Å². The average molecular weight is 430 g/mol. The molecule has 2 aromatic rings. The lowest BCUT2D eigenvalue weighted by molar-refractivity contribution is -0.120. The molecule has 2 aromatic carbocycles. The van der Waals surface area contributed by atoms with Crippen LogP contribution in [0.25, 0.3) is 0 Å². The van der Waals surface area contributed by atoms with Crippen LogP contribution in [-0.2, 0) is 14.8 Å². The topological polar surface area (TPSA) is 86.8 Å². The van der Waals surface area contributed by atoms with Crippen molar-refractivity contribution in [3.8, 4) is 0 Å². The number of sulfonamides is 1. The molecule has 0 radical (unpaired) electrons. The number of fused-ring (bicyclic) bond motifs is 1. The molecule has 160 valence electrons. The van der Waals surface area contributed by atoms with Crippen LogP contribution in [0.1, 0.15) is 45.6 Å². The second-order valence-electron chi connectivity index (χ2n) is 7.73. The van der Waals surface area contributed by atoms with Crippen molar-refractivity contribution in [3.05, 3.63) is 54.1 Å². The van der Waals surface area contributed by atoms with E-state index < -0.39 is 16.1 Å². The summed E-state index contributed by atoms with van der Waals surface area (Å²) < 4.78 is 27.3. The number of amides is 3. The van der Waals surface area contributed by atoms with Crippen LogP contribution in [0.15, 0.2) is 53.4 Å². The van der Waals surface area contributed by atoms with Crippen LogP contribution >= 0.6 is 0 Å². The molecule has 7 nitrogen and oxygen atoms in total. The van der Waals surface area contributed by atoms with E-state index in [9.17, 15) is 18.0 Å². The van der Waals surface area contributed by atoms with E-state index >= 15 is 0 Å². The molecule has 8 heteroatoms. The fourth-order valence-corrected chi connectivity index (χ4v) is 4.87. The number of para-hydroxylation sites is 1. The molecule has 0 fully saturated rings. The highest BCUT2D eigenvalue weighted by Crippen LogP contribution is 2.37. The van der Waals surface area contributed by atoms with Crippen LogP contribution in [-0.4, -0.2) is 32.9 Å². The minimum Gasteiger partial charge on any atom is -0.352 e. The average Bonchev–Trinajstić information content (AvgIpc) is 2.71. The molecule has 1 aliphatic rings. The Labute approximate surface area is 177 Å². The maximum Gasteiger partial charge on any atom is 0.343 e. The predicted octanol–water partition coefficient (Wildman–Crippen LogP) is 3.86. The molecule has 0 unspecified atom stereocenters. The molecule has 1 N–H and O–H groups in total. The van der Waals surface area contributed by atoms with Gasteiger partial charge in [-0.25, -0.2) is 13.2 Å². The largest absolute Gasteiger partial charge is 0.352 e. The maximum absolute atomic E-state index is 13.3. The van der Waals surface area contributed by atoms with Gasteiger partial charge in [-0.2, -0.15) is 4.31 Å². The Balaban J connectivity index is 2.04. The number of urea groups is 1. The van der Waals surface area contributed by atoms with E-state index in [1.54, 1.807) is 30.3 Å². The summed E-state index contributed by atoms with van der Waals surface area (Å²) in [7, 11) is -4.10. The smallest absolute Gasteiger partial charge is 0.343 e. The van der Waals surface area contributed by atoms with Crippen molar-refractivity contribution < 1.29 is 18.0 Å². The number of carbonyl (C=O) groups excluding carboxylic acids is 2. The van der Waals surface area contributed by atoms with Crippen molar-refractivity contribution in [1.29, 1.82) is 0 Å². The van der Waals surface area contributed by atoms with E-state index in [0.29, 0.717) is 0 Å². The monoisotopic (exact) mass is 429 g/mol. The fraction of sp³-hybridized carbons (Fsp3) is 0.364. The Morgan fingerprint density at radius 3 is 2.27 bits per heavy atom. The number of nitrogens with one attached hydrogen (secondary N) is 1. The first kappa shape index (κ1) is 21.8. The third kappa shape index (κ3) is 4.05. The normalized spacial score (nSPS) is 16.4. The molecule has 0 saturated heterocycles. The third-order valence-electron chi connectivity index (χ3n) is 5.19. The SMILES string of the molecule is CC[C@H](C)NC(=O)CN1C(=O)N(c2ccc(C(C)C)cc2)S(=O)(=O)c2ccccc21. The van der Waals surface area contributed by atoms with Gasteiger partial charge in [-0.15, -0.1) is 0 Å². The minimum atomic E-state index is -4.10. The minimum absolute atomic E-state index is 0.00567. The van der Waals surface area contributed by atoms with Crippen LogP contribution in [0.2, 0.25) is 0 Å². The molecule has 0 aliphatic carbocycles. The number of hydrogen-bond donors (Lipinski definition) is 1. The van der Waals surface area contributed by atoms with Crippen LogP contribution in [0, 0.1) is 0 Å². The van der Waals surface area contributed by atoms with E-state index in [1.165, 1.54) is 11.0 Å². The Hall–Kier alpha value is -2.87. The summed E-state index contributed by atoms with van der Waals surface area (Å²) >= 11 is 0. The van der Waals surface area contributed by atoms with E-state index in [1.807, 2.05) is 39.8 Å². The van der Waals surface area contributed by atoms with Crippen LogP contribution in [0.5, 0.6) is 0 Å². The van der Waals surface area contributed by atoms with Crippen LogP contribution in [0.4, 0.5) is 16.2 Å². The van der Waals surface area contributed by atoms with Gasteiger partial charge in [0.15, 0.2) is 0 Å². The van der Waals surface area contributed by atoms with Crippen molar-refractivity contribution in [2.75, 3.05) is 15.7 Å². The molecule has 0 saturated carbocycles. The molecule has 0 aromatic heterocycles. The van der Waals surface area contributed by atoms with Gasteiger partial charge in [0.1, 0.15) is 11.4 Å². The van der Waals surface area contributed by atoms with Gasteiger partial charge >= 0.3 is 6.03 Å². The maximum atomic E-state index is 13.3. The number of nitrogens with zero attached hydrogens (tertiary/aromatic N) is 2. The highest BCUT2D eigenvalue weighted by atomic mass is 32.2. The van der Waals surface area contributed by atoms with Crippen LogP contribution in [0.3, 0.4) is 0 Å². The molecule has 1 aliphatic heterocycles. The van der Waals surface area contributed by atoms with E-state index in [4.69, 9.17) is 0 Å². The van der Waals surface area contributed by atoms with Crippen LogP contribution < -0.4 is 14.5 Å². The first-order valence-corrected chi connectivity index (χ1v) is 11.5. The standard InChI is InChI=1S/C22H27N3O4S/c1-5-16(4)23-21(26)14-24-19-8-6-7-9-20(19)30(28,29)25(22(24)27)18-12-10-17(11-13-18)15(2)3/h6-13,15-16H,5,14H2,1-4H3,(H,23,26)/t16-/m0/s1. The lowest BCUT2D eigenvalue weighted by Crippen LogP contribution is -2.54. The Morgan fingerprint density at radius 2 is 1.67 bits per heavy atom. The fourth-order valence-electron chi connectivity index (χ4n) is 3.27. The first-order chi connectivity index (χ1) is 14.2. The highest BCUT2D eigenvalue weighted by Gasteiger charge is 2.43. The first-order valence-electron chi connectivity index (χ1n) is 10.0. The second-order valence-corrected chi connectivity index (χ2v) is 9.48. The third-order valence-corrected chi connectivity index (χ3v) is 6.94. The van der Waals surface area contributed by atoms with Crippen molar-refractivity contribution in [1.82, 2.24) is 5.32 Å². The zero-order valence-corrected chi connectivity index (χ0v) is 18.4. The lowest BCUT2D eigenvalue weighted by atomic mass is 10.0. The van der Waals surface area contributed by atoms with Gasteiger partial charge < -0.3 is 5.32 Å². The summed E-state index contributed by atoms with van der Waals surface area (Å²) in [6, 6.07) is 12.3. The molecular weight excluding hydrogens is 402 g/mol. The number of carbonyl (C=O) groups is 2. The van der Waals surface area contributed by atoms with Gasteiger partial charge in [0.2, 0.25) is 5.91 Å². The van der Waals surface area contributed by atoms with Gasteiger partial charge in [-0.3, -0.25) is 9.69 Å². The number of anilines is 2. The van der Waals surface area contributed by atoms with Gasteiger partial charge in [0.25, 0.3) is 10.0 Å². The summed E-state index contributed by atoms with van der Waals surface area (Å²) in [6.45, 7) is 7.62. The Bertz CT molecular complexity index is 1050. The molecule has 1 atom stereocenters. The number of hydrogen-bond acceptors (Lipinski definition) is 4. The van der Waals surface area contributed by atoms with Gasteiger partial charge in [-0.1, -0.05) is 45.0 Å². The molecule has 0 spiro atoms. The summed E-state index contributed by atoms with van der Waals surface area (Å²) in [4.78, 5) is 27.0. The molecule has 3 amide bonds. The number of benzene rings is 2. The molecule has 30 heavy (non-hydrogen) atoms. The number of rotatable bonds is 6. The van der Waals surface area contributed by atoms with Crippen molar-refractivity contribution >= 4 is 33.3 Å². The molecule has 0 bridgehead atoms. The van der Waals surface area contributed by atoms with E-state index in [2.05, 4.69) is 5.32 Å². The van der Waals surface area contributed by atoms with Gasteiger partial charge in [0, 0.05) is 6.04 Å². The van der Waals surface area contributed by atoms with Crippen molar-refractivity contribution in [2.24, 2.45) is 0 Å². The molecular formula is C22H27N3O4S. The van der Waals surface area contributed by atoms with E-state index in [0.717, 1.165) is 16.3 Å². The summed E-state index contributed by atoms with van der Waals surface area (Å²) in [5, 5.41) is 2.82. The lowest BCUT2D eigenvalue weighted by Gasteiger charge is -2.36. The van der Waals surface area contributed by atoms with E-state index in [-0.39, 0.29) is 40.7 Å². The Kier molecular flexibility index (Phi) is 6.17.